The molecule has 0 spiro atoms. The molecule has 0 aliphatic rings. The number of hydrogen-bond acceptors (Lipinski definition) is 3. The summed E-state index contributed by atoms with van der Waals surface area (Å²) in [5.41, 5.74) is 6.03. The van der Waals surface area contributed by atoms with Crippen molar-refractivity contribution in [3.8, 4) is 0 Å². The van der Waals surface area contributed by atoms with Crippen molar-refractivity contribution >= 4 is 17.8 Å². The highest BCUT2D eigenvalue weighted by atomic mass is 16.4. The second kappa shape index (κ2) is 8.04. The van der Waals surface area contributed by atoms with E-state index in [0.29, 0.717) is 12.1 Å². The molecule has 0 radical (unpaired) electrons. The van der Waals surface area contributed by atoms with Crippen LogP contribution in [0.1, 0.15) is 35.7 Å². The summed E-state index contributed by atoms with van der Waals surface area (Å²) in [7, 11) is 0. The molecule has 0 aromatic heterocycles. The number of benzene rings is 1. The predicted octanol–water partition coefficient (Wildman–Crippen LogP) is 1.04. The molecule has 6 heteroatoms. The van der Waals surface area contributed by atoms with Gasteiger partial charge in [0.05, 0.1) is 18.5 Å². The summed E-state index contributed by atoms with van der Waals surface area (Å²) in [6, 6.07) is 6.11. The lowest BCUT2D eigenvalue weighted by atomic mass is 10.1. The number of carboxylic acids is 1. The van der Waals surface area contributed by atoms with Gasteiger partial charge in [-0.25, -0.2) is 4.79 Å². The van der Waals surface area contributed by atoms with E-state index in [1.54, 1.807) is 12.1 Å². The molecule has 0 bridgehead atoms. The highest BCUT2D eigenvalue weighted by Crippen LogP contribution is 2.07. The summed E-state index contributed by atoms with van der Waals surface area (Å²) in [6.07, 6.45) is 1.84. The van der Waals surface area contributed by atoms with Crippen molar-refractivity contribution in [2.45, 2.75) is 26.2 Å². The number of primary amides is 1. The van der Waals surface area contributed by atoms with Crippen LogP contribution in [-0.2, 0) is 16.0 Å². The summed E-state index contributed by atoms with van der Waals surface area (Å²) in [5.74, 6) is -1.74. The van der Waals surface area contributed by atoms with Gasteiger partial charge in [0, 0.05) is 6.54 Å². The fourth-order valence-electron chi connectivity index (χ4n) is 1.88. The molecule has 0 aliphatic heterocycles. The minimum Gasteiger partial charge on any atom is -0.478 e. The minimum absolute atomic E-state index is 0.0912. The molecule has 0 saturated heterocycles. The van der Waals surface area contributed by atoms with Crippen LogP contribution in [0, 0.1) is 0 Å². The Labute approximate surface area is 123 Å². The van der Waals surface area contributed by atoms with Gasteiger partial charge in [0.1, 0.15) is 0 Å². The molecular weight excluding hydrogens is 272 g/mol. The van der Waals surface area contributed by atoms with E-state index in [0.717, 1.165) is 12.8 Å². The Kier molecular flexibility index (Phi) is 6.39. The molecular formula is C15H20N2O4. The van der Waals surface area contributed by atoms with E-state index in [4.69, 9.17) is 10.8 Å². The van der Waals surface area contributed by atoms with Crippen molar-refractivity contribution in [2.75, 3.05) is 13.1 Å². The Balaban J connectivity index is 2.70. The Morgan fingerprint density at radius 3 is 2.29 bits per heavy atom. The molecule has 0 unspecified atom stereocenters. The minimum atomic E-state index is -1.01. The SMILES string of the molecule is CCCCN(CC(N)=O)C(=O)Cc1ccc(C(=O)O)cc1. The average molecular weight is 292 g/mol. The molecule has 0 saturated carbocycles. The first-order valence-corrected chi connectivity index (χ1v) is 6.82. The van der Waals surface area contributed by atoms with Crippen molar-refractivity contribution in [1.29, 1.82) is 0 Å². The summed E-state index contributed by atoms with van der Waals surface area (Å²) >= 11 is 0. The fraction of sp³-hybridized carbons (Fsp3) is 0.400. The van der Waals surface area contributed by atoms with Crippen LogP contribution in [-0.4, -0.2) is 40.9 Å². The van der Waals surface area contributed by atoms with Crippen LogP contribution in [0.15, 0.2) is 24.3 Å². The lowest BCUT2D eigenvalue weighted by Gasteiger charge is -2.21. The summed E-state index contributed by atoms with van der Waals surface area (Å²) in [4.78, 5) is 35.4. The topological polar surface area (TPSA) is 101 Å². The molecule has 0 aliphatic carbocycles. The second-order valence-electron chi connectivity index (χ2n) is 4.81. The average Bonchev–Trinajstić information content (AvgIpc) is 2.43. The third kappa shape index (κ3) is 5.64. The molecule has 6 nitrogen and oxygen atoms in total. The quantitative estimate of drug-likeness (QED) is 0.747. The third-order valence-corrected chi connectivity index (χ3v) is 3.04. The van der Waals surface area contributed by atoms with Crippen LogP contribution in [0.25, 0.3) is 0 Å². The number of nitrogens with zero attached hydrogens (tertiary/aromatic N) is 1. The maximum atomic E-state index is 12.2. The molecule has 0 fully saturated rings. The van der Waals surface area contributed by atoms with E-state index in [1.165, 1.54) is 17.0 Å². The Bertz CT molecular complexity index is 511. The number of carbonyl (C=O) groups is 3. The van der Waals surface area contributed by atoms with Gasteiger partial charge < -0.3 is 15.7 Å². The molecule has 1 aromatic rings. The first-order chi connectivity index (χ1) is 9.93. The van der Waals surface area contributed by atoms with E-state index in [2.05, 4.69) is 0 Å². The van der Waals surface area contributed by atoms with Gasteiger partial charge >= 0.3 is 5.97 Å². The van der Waals surface area contributed by atoms with Gasteiger partial charge in [-0.05, 0) is 24.1 Å². The third-order valence-electron chi connectivity index (χ3n) is 3.04. The van der Waals surface area contributed by atoms with Crippen LogP contribution in [0.3, 0.4) is 0 Å². The molecule has 2 amide bonds. The zero-order valence-electron chi connectivity index (χ0n) is 12.0. The van der Waals surface area contributed by atoms with Gasteiger partial charge in [-0.3, -0.25) is 9.59 Å². The number of carboxylic acid groups (broad SMARTS) is 1. The summed E-state index contributed by atoms with van der Waals surface area (Å²) < 4.78 is 0. The number of unbranched alkanes of at least 4 members (excludes halogenated alkanes) is 1. The van der Waals surface area contributed by atoms with Crippen LogP contribution >= 0.6 is 0 Å². The van der Waals surface area contributed by atoms with E-state index >= 15 is 0 Å². The van der Waals surface area contributed by atoms with E-state index < -0.39 is 11.9 Å². The van der Waals surface area contributed by atoms with Gasteiger partial charge in [0.15, 0.2) is 0 Å². The number of carbonyl (C=O) groups excluding carboxylic acids is 2. The van der Waals surface area contributed by atoms with Crippen LogP contribution in [0.2, 0.25) is 0 Å². The van der Waals surface area contributed by atoms with E-state index in [9.17, 15) is 14.4 Å². The molecule has 114 valence electrons. The summed E-state index contributed by atoms with van der Waals surface area (Å²) in [6.45, 7) is 2.40. The van der Waals surface area contributed by atoms with E-state index in [-0.39, 0.29) is 24.4 Å². The van der Waals surface area contributed by atoms with E-state index in [1.807, 2.05) is 6.92 Å². The van der Waals surface area contributed by atoms with Crippen molar-refractivity contribution < 1.29 is 19.5 Å². The molecule has 0 heterocycles. The Hall–Kier alpha value is -2.37. The van der Waals surface area contributed by atoms with Gasteiger partial charge in [-0.2, -0.15) is 0 Å². The van der Waals surface area contributed by atoms with Gasteiger partial charge in [0.25, 0.3) is 0 Å². The standard InChI is InChI=1S/C15H20N2O4/c1-2-3-8-17(10-13(16)18)14(19)9-11-4-6-12(7-5-11)15(20)21/h4-7H,2-3,8-10H2,1H3,(H2,16,18)(H,20,21). The highest BCUT2D eigenvalue weighted by Gasteiger charge is 2.16. The fourth-order valence-corrected chi connectivity index (χ4v) is 1.88. The first kappa shape index (κ1) is 16.7. The first-order valence-electron chi connectivity index (χ1n) is 6.82. The monoisotopic (exact) mass is 292 g/mol. The van der Waals surface area contributed by atoms with Crippen LogP contribution in [0.5, 0.6) is 0 Å². The summed E-state index contributed by atoms with van der Waals surface area (Å²) in [5, 5.41) is 8.82. The van der Waals surface area contributed by atoms with Gasteiger partial charge in [-0.15, -0.1) is 0 Å². The van der Waals surface area contributed by atoms with Crippen molar-refractivity contribution in [3.05, 3.63) is 35.4 Å². The predicted molar refractivity (Wildman–Crippen MR) is 77.8 cm³/mol. The second-order valence-corrected chi connectivity index (χ2v) is 4.81. The van der Waals surface area contributed by atoms with Crippen LogP contribution in [0.4, 0.5) is 0 Å². The normalized spacial score (nSPS) is 10.1. The maximum absolute atomic E-state index is 12.2. The smallest absolute Gasteiger partial charge is 0.335 e. The molecule has 21 heavy (non-hydrogen) atoms. The molecule has 1 rings (SSSR count). The largest absolute Gasteiger partial charge is 0.478 e. The van der Waals surface area contributed by atoms with Crippen molar-refractivity contribution in [2.24, 2.45) is 5.73 Å². The van der Waals surface area contributed by atoms with Gasteiger partial charge in [0.2, 0.25) is 11.8 Å². The lowest BCUT2D eigenvalue weighted by molar-refractivity contribution is -0.134. The van der Waals surface area contributed by atoms with Crippen LogP contribution < -0.4 is 5.73 Å². The zero-order valence-corrected chi connectivity index (χ0v) is 12.0. The van der Waals surface area contributed by atoms with Crippen molar-refractivity contribution in [1.82, 2.24) is 4.90 Å². The zero-order chi connectivity index (χ0) is 15.8. The Morgan fingerprint density at radius 2 is 1.81 bits per heavy atom. The molecule has 0 atom stereocenters. The van der Waals surface area contributed by atoms with Crippen molar-refractivity contribution in [3.63, 3.8) is 0 Å². The maximum Gasteiger partial charge on any atom is 0.335 e. The number of rotatable bonds is 8. The molecule has 3 N–H and O–H groups in total. The number of nitrogens with two attached hydrogens (primary N) is 1. The Morgan fingerprint density at radius 1 is 1.19 bits per heavy atom. The highest BCUT2D eigenvalue weighted by molar-refractivity contribution is 5.88. The number of hydrogen-bond donors (Lipinski definition) is 2. The number of amides is 2. The van der Waals surface area contributed by atoms with Gasteiger partial charge in [-0.1, -0.05) is 25.5 Å². The number of aromatic carboxylic acids is 1. The molecule has 1 aromatic carbocycles. The lowest BCUT2D eigenvalue weighted by Crippen LogP contribution is -2.39.